The average Bonchev–Trinajstić information content (AvgIpc) is 2.25. The van der Waals surface area contributed by atoms with Gasteiger partial charge in [-0.15, -0.1) is 0 Å². The molecule has 0 amide bonds. The Labute approximate surface area is 145 Å². The fraction of sp³-hybridized carbons (Fsp3) is 0.667. The van der Waals surface area contributed by atoms with Crippen molar-refractivity contribution in [2.24, 2.45) is 0 Å². The Morgan fingerprint density at radius 2 is 1.88 bits per heavy atom. The van der Waals surface area contributed by atoms with Crippen LogP contribution in [0.4, 0.5) is 0 Å². The molecule has 0 aromatic carbocycles. The van der Waals surface area contributed by atoms with Gasteiger partial charge >= 0.3 is 57.4 Å². The van der Waals surface area contributed by atoms with Gasteiger partial charge in [0, 0.05) is 5.97 Å². The van der Waals surface area contributed by atoms with E-state index in [0.717, 1.165) is 12.8 Å². The zero-order valence-corrected chi connectivity index (χ0v) is 13.9. The first kappa shape index (κ1) is 19.7. The number of aliphatic carboxylic acids is 1. The van der Waals surface area contributed by atoms with Crippen LogP contribution in [0.2, 0.25) is 0 Å². The molecule has 0 aromatic heterocycles. The van der Waals surface area contributed by atoms with E-state index in [1.807, 2.05) is 0 Å². The van der Waals surface area contributed by atoms with E-state index in [1.165, 1.54) is 25.5 Å². The van der Waals surface area contributed by atoms with E-state index in [9.17, 15) is 14.7 Å². The van der Waals surface area contributed by atoms with Gasteiger partial charge < -0.3 is 14.6 Å². The molecule has 0 aliphatic carbocycles. The Balaban J connectivity index is 0. The van der Waals surface area contributed by atoms with Crippen LogP contribution in [-0.4, -0.2) is 11.9 Å². The standard InChI is InChI=1S/C12H20O4.K/c1-2-3-4-5-6-7-10-16-12(15)9-8-11(13)14;/h7,10H,2-6,8-9H2,1H3,(H,13,14);/q;+1/p-1/b10-7+;. The van der Waals surface area contributed by atoms with Crippen molar-refractivity contribution < 1.29 is 70.8 Å². The molecule has 5 heteroatoms. The fourth-order valence-corrected chi connectivity index (χ4v) is 1.14. The molecule has 0 fully saturated rings. The minimum absolute atomic E-state index is 0. The van der Waals surface area contributed by atoms with Crippen LogP contribution < -0.4 is 56.5 Å². The summed E-state index contributed by atoms with van der Waals surface area (Å²) in [6.45, 7) is 2.15. The number of rotatable bonds is 9. The molecule has 4 nitrogen and oxygen atoms in total. The molecule has 0 bridgehead atoms. The van der Waals surface area contributed by atoms with Crippen molar-refractivity contribution in [3.8, 4) is 0 Å². The fourth-order valence-electron chi connectivity index (χ4n) is 1.14. The van der Waals surface area contributed by atoms with Crippen LogP contribution in [0.5, 0.6) is 0 Å². The van der Waals surface area contributed by atoms with Gasteiger partial charge in [-0.1, -0.05) is 26.2 Å². The van der Waals surface area contributed by atoms with Gasteiger partial charge in [0.15, 0.2) is 0 Å². The molecule has 0 aliphatic heterocycles. The molecule has 0 heterocycles. The summed E-state index contributed by atoms with van der Waals surface area (Å²) in [5.41, 5.74) is 0. The monoisotopic (exact) mass is 266 g/mol. The number of unbranched alkanes of at least 4 members (excludes halogenated alkanes) is 4. The largest absolute Gasteiger partial charge is 1.00 e. The molecule has 0 rings (SSSR count). The molecular weight excluding hydrogens is 247 g/mol. The van der Waals surface area contributed by atoms with E-state index in [2.05, 4.69) is 11.7 Å². The van der Waals surface area contributed by atoms with Gasteiger partial charge in [0.1, 0.15) is 0 Å². The van der Waals surface area contributed by atoms with Crippen molar-refractivity contribution in [2.45, 2.75) is 51.9 Å². The van der Waals surface area contributed by atoms with Crippen molar-refractivity contribution >= 4 is 11.9 Å². The summed E-state index contributed by atoms with van der Waals surface area (Å²) in [5.74, 6) is -1.77. The van der Waals surface area contributed by atoms with Crippen LogP contribution in [0.25, 0.3) is 0 Å². The van der Waals surface area contributed by atoms with Gasteiger partial charge in [0.2, 0.25) is 0 Å². The number of carboxylic acids is 1. The first-order chi connectivity index (χ1) is 7.66. The van der Waals surface area contributed by atoms with Crippen LogP contribution in [-0.2, 0) is 14.3 Å². The minimum atomic E-state index is -1.24. The second-order valence-electron chi connectivity index (χ2n) is 3.58. The van der Waals surface area contributed by atoms with Gasteiger partial charge in [-0.3, -0.25) is 4.79 Å². The summed E-state index contributed by atoms with van der Waals surface area (Å²) in [7, 11) is 0. The smallest absolute Gasteiger partial charge is 0.550 e. The Bertz CT molecular complexity index is 239. The van der Waals surface area contributed by atoms with Crippen molar-refractivity contribution in [3.63, 3.8) is 0 Å². The van der Waals surface area contributed by atoms with Gasteiger partial charge in [0.05, 0.1) is 12.7 Å². The summed E-state index contributed by atoms with van der Waals surface area (Å²) < 4.78 is 4.69. The second kappa shape index (κ2) is 14.4. The van der Waals surface area contributed by atoms with E-state index < -0.39 is 11.9 Å². The molecule has 17 heavy (non-hydrogen) atoms. The molecule has 0 saturated heterocycles. The second-order valence-corrected chi connectivity index (χ2v) is 3.58. The molecule has 0 aliphatic rings. The third-order valence-electron chi connectivity index (χ3n) is 2.05. The van der Waals surface area contributed by atoms with Crippen molar-refractivity contribution in [1.82, 2.24) is 0 Å². The third kappa shape index (κ3) is 16.3. The quantitative estimate of drug-likeness (QED) is 0.222. The van der Waals surface area contributed by atoms with E-state index in [1.54, 1.807) is 6.08 Å². The number of carbonyl (C=O) groups is 2. The number of esters is 1. The Morgan fingerprint density at radius 1 is 1.18 bits per heavy atom. The number of ether oxygens (including phenoxy) is 1. The summed E-state index contributed by atoms with van der Waals surface area (Å²) >= 11 is 0. The third-order valence-corrected chi connectivity index (χ3v) is 2.05. The topological polar surface area (TPSA) is 66.4 Å². The number of carbonyl (C=O) groups excluding carboxylic acids is 2. The van der Waals surface area contributed by atoms with E-state index in [-0.39, 0.29) is 64.2 Å². The predicted octanol–water partition coefficient (Wildman–Crippen LogP) is -1.45. The Morgan fingerprint density at radius 3 is 2.47 bits per heavy atom. The zero-order valence-electron chi connectivity index (χ0n) is 10.7. The maximum absolute atomic E-state index is 10.9. The first-order valence-corrected chi connectivity index (χ1v) is 5.71. The number of allylic oxidation sites excluding steroid dienone is 1. The molecule has 0 saturated carbocycles. The molecule has 0 unspecified atom stereocenters. The Kier molecular flexibility index (Phi) is 16.6. The van der Waals surface area contributed by atoms with Gasteiger partial charge in [-0.2, -0.15) is 0 Å². The molecule has 0 radical (unpaired) electrons. The summed E-state index contributed by atoms with van der Waals surface area (Å²) in [4.78, 5) is 21.0. The number of hydrogen-bond acceptors (Lipinski definition) is 4. The van der Waals surface area contributed by atoms with E-state index in [0.29, 0.717) is 0 Å². The summed E-state index contributed by atoms with van der Waals surface area (Å²) in [5, 5.41) is 10.0. The van der Waals surface area contributed by atoms with E-state index in [4.69, 9.17) is 0 Å². The average molecular weight is 266 g/mol. The van der Waals surface area contributed by atoms with E-state index >= 15 is 0 Å². The number of carboxylic acid groups (broad SMARTS) is 1. The molecule has 0 spiro atoms. The minimum Gasteiger partial charge on any atom is -0.550 e. The zero-order chi connectivity index (χ0) is 12.2. The van der Waals surface area contributed by atoms with Gasteiger partial charge in [0.25, 0.3) is 0 Å². The van der Waals surface area contributed by atoms with Crippen LogP contribution in [0, 0.1) is 0 Å². The molecule has 0 aromatic rings. The van der Waals surface area contributed by atoms with Crippen LogP contribution in [0.15, 0.2) is 12.3 Å². The Hall–Kier alpha value is 0.316. The molecule has 92 valence electrons. The molecule has 0 atom stereocenters. The SMILES string of the molecule is CCCCCC/C=C/OC(=O)CCC(=O)[O-].[K+]. The van der Waals surface area contributed by atoms with Crippen LogP contribution in [0.1, 0.15) is 51.9 Å². The van der Waals surface area contributed by atoms with Crippen LogP contribution >= 0.6 is 0 Å². The predicted molar refractivity (Wildman–Crippen MR) is 58.2 cm³/mol. The summed E-state index contributed by atoms with van der Waals surface area (Å²) in [6, 6.07) is 0. The van der Waals surface area contributed by atoms with Crippen LogP contribution in [0.3, 0.4) is 0 Å². The summed E-state index contributed by atoms with van der Waals surface area (Å²) in [6.07, 6.45) is 8.26. The normalized spacial score (nSPS) is 9.94. The van der Waals surface area contributed by atoms with Gasteiger partial charge in [-0.25, -0.2) is 0 Å². The van der Waals surface area contributed by atoms with Crippen molar-refractivity contribution in [3.05, 3.63) is 12.3 Å². The van der Waals surface area contributed by atoms with Gasteiger partial charge in [-0.05, 0) is 25.3 Å². The maximum atomic E-state index is 10.9. The van der Waals surface area contributed by atoms with Crippen molar-refractivity contribution in [2.75, 3.05) is 0 Å². The molecular formula is C12H19KO4. The molecule has 0 N–H and O–H groups in total. The number of hydrogen-bond donors (Lipinski definition) is 0. The maximum Gasteiger partial charge on any atom is 1.00 e. The van der Waals surface area contributed by atoms with Crippen molar-refractivity contribution in [1.29, 1.82) is 0 Å². The first-order valence-electron chi connectivity index (χ1n) is 5.71.